The van der Waals surface area contributed by atoms with E-state index in [9.17, 15) is 14.0 Å². The summed E-state index contributed by atoms with van der Waals surface area (Å²) in [6.45, 7) is 1.19. The van der Waals surface area contributed by atoms with E-state index in [1.54, 1.807) is 15.9 Å². The van der Waals surface area contributed by atoms with Crippen LogP contribution in [0.15, 0.2) is 48.5 Å². The maximum absolute atomic E-state index is 13.7. The minimum atomic E-state index is -0.300. The highest BCUT2D eigenvalue weighted by atomic mass is 19.1. The summed E-state index contributed by atoms with van der Waals surface area (Å²) in [6.07, 6.45) is 1.77. The number of aryl methyl sites for hydroxylation is 1. The van der Waals surface area contributed by atoms with Crippen LogP contribution in [0, 0.1) is 5.82 Å². The molecule has 2 amide bonds. The van der Waals surface area contributed by atoms with Crippen molar-refractivity contribution in [2.45, 2.75) is 25.3 Å². The van der Waals surface area contributed by atoms with Crippen LogP contribution in [0.4, 0.5) is 4.39 Å². The molecule has 5 heteroatoms. The molecule has 26 heavy (non-hydrogen) atoms. The van der Waals surface area contributed by atoms with Gasteiger partial charge in [-0.05, 0) is 41.7 Å². The number of benzene rings is 2. The first-order valence-electron chi connectivity index (χ1n) is 9.01. The zero-order valence-electron chi connectivity index (χ0n) is 14.5. The second kappa shape index (κ2) is 6.90. The van der Waals surface area contributed by atoms with Gasteiger partial charge in [0.1, 0.15) is 5.82 Å². The Morgan fingerprint density at radius 1 is 1.15 bits per heavy atom. The molecule has 0 radical (unpaired) electrons. The Morgan fingerprint density at radius 2 is 1.96 bits per heavy atom. The van der Waals surface area contributed by atoms with Gasteiger partial charge in [-0.25, -0.2) is 4.39 Å². The molecular formula is C21H21FN2O2. The fourth-order valence-electron chi connectivity index (χ4n) is 3.94. The zero-order chi connectivity index (χ0) is 18.1. The van der Waals surface area contributed by atoms with Gasteiger partial charge < -0.3 is 9.80 Å². The van der Waals surface area contributed by atoms with E-state index in [0.29, 0.717) is 25.9 Å². The molecule has 0 aliphatic carbocycles. The van der Waals surface area contributed by atoms with Crippen LogP contribution in [0.1, 0.15) is 29.2 Å². The fourth-order valence-corrected chi connectivity index (χ4v) is 3.94. The molecule has 134 valence electrons. The van der Waals surface area contributed by atoms with Gasteiger partial charge in [0, 0.05) is 19.5 Å². The summed E-state index contributed by atoms with van der Waals surface area (Å²) < 4.78 is 13.7. The minimum absolute atomic E-state index is 0.0228. The molecule has 1 unspecified atom stereocenters. The van der Waals surface area contributed by atoms with E-state index in [-0.39, 0.29) is 30.2 Å². The molecule has 2 aliphatic heterocycles. The number of piperazine rings is 1. The first kappa shape index (κ1) is 16.8. The number of carbonyl (C=O) groups excluding carboxylic acids is 2. The van der Waals surface area contributed by atoms with Gasteiger partial charge in [0.25, 0.3) is 0 Å². The summed E-state index contributed by atoms with van der Waals surface area (Å²) in [5.41, 5.74) is 3.01. The SMILES string of the molecule is O=C(CCc1ccccc1)N1CC(=O)N2CCc3ccc(F)cc3C2C1. The highest BCUT2D eigenvalue weighted by Crippen LogP contribution is 2.33. The van der Waals surface area contributed by atoms with E-state index >= 15 is 0 Å². The lowest BCUT2D eigenvalue weighted by molar-refractivity contribution is -0.149. The van der Waals surface area contributed by atoms with Crippen LogP contribution in [0.2, 0.25) is 0 Å². The number of nitrogens with zero attached hydrogens (tertiary/aromatic N) is 2. The van der Waals surface area contributed by atoms with E-state index in [0.717, 1.165) is 23.1 Å². The molecule has 0 spiro atoms. The lowest BCUT2D eigenvalue weighted by Crippen LogP contribution is -2.55. The van der Waals surface area contributed by atoms with Crippen molar-refractivity contribution < 1.29 is 14.0 Å². The molecule has 1 atom stereocenters. The van der Waals surface area contributed by atoms with Gasteiger partial charge in [-0.15, -0.1) is 0 Å². The summed E-state index contributed by atoms with van der Waals surface area (Å²) in [5, 5.41) is 0. The van der Waals surface area contributed by atoms with E-state index < -0.39 is 0 Å². The van der Waals surface area contributed by atoms with Crippen molar-refractivity contribution in [1.82, 2.24) is 9.80 Å². The van der Waals surface area contributed by atoms with Gasteiger partial charge in [-0.1, -0.05) is 36.4 Å². The quantitative estimate of drug-likeness (QED) is 0.852. The summed E-state index contributed by atoms with van der Waals surface area (Å²) in [4.78, 5) is 28.6. The highest BCUT2D eigenvalue weighted by molar-refractivity contribution is 5.87. The van der Waals surface area contributed by atoms with Crippen molar-refractivity contribution in [3.63, 3.8) is 0 Å². The normalized spacial score (nSPS) is 19.1. The predicted molar refractivity (Wildman–Crippen MR) is 95.9 cm³/mol. The molecule has 0 saturated carbocycles. The standard InChI is InChI=1S/C21H21FN2O2/c22-17-8-7-16-10-11-24-19(18(16)12-17)13-23(14-21(24)26)20(25)9-6-15-4-2-1-3-5-15/h1-5,7-8,12,19H,6,9-11,13-14H2. The largest absolute Gasteiger partial charge is 0.332 e. The Hall–Kier alpha value is -2.69. The number of amides is 2. The van der Waals surface area contributed by atoms with Crippen LogP contribution in [-0.2, 0) is 22.4 Å². The molecule has 4 nitrogen and oxygen atoms in total. The molecule has 4 rings (SSSR count). The van der Waals surface area contributed by atoms with Crippen LogP contribution < -0.4 is 0 Å². The summed E-state index contributed by atoms with van der Waals surface area (Å²) >= 11 is 0. The third-order valence-corrected chi connectivity index (χ3v) is 5.33. The third kappa shape index (κ3) is 3.21. The third-order valence-electron chi connectivity index (χ3n) is 5.33. The average molecular weight is 352 g/mol. The second-order valence-corrected chi connectivity index (χ2v) is 6.96. The lowest BCUT2D eigenvalue weighted by Gasteiger charge is -2.44. The Kier molecular flexibility index (Phi) is 4.45. The van der Waals surface area contributed by atoms with Gasteiger partial charge in [0.05, 0.1) is 12.6 Å². The first-order chi connectivity index (χ1) is 12.6. The van der Waals surface area contributed by atoms with Crippen LogP contribution in [0.3, 0.4) is 0 Å². The monoisotopic (exact) mass is 352 g/mol. The average Bonchev–Trinajstić information content (AvgIpc) is 2.66. The molecule has 0 aromatic heterocycles. The highest BCUT2D eigenvalue weighted by Gasteiger charge is 2.38. The molecule has 0 N–H and O–H groups in total. The van der Waals surface area contributed by atoms with Crippen LogP contribution >= 0.6 is 0 Å². The van der Waals surface area contributed by atoms with E-state index in [4.69, 9.17) is 0 Å². The zero-order valence-corrected chi connectivity index (χ0v) is 14.5. The Labute approximate surface area is 152 Å². The number of carbonyl (C=O) groups is 2. The van der Waals surface area contributed by atoms with E-state index in [1.807, 2.05) is 30.3 Å². The smallest absolute Gasteiger partial charge is 0.242 e. The van der Waals surface area contributed by atoms with Gasteiger partial charge in [0.15, 0.2) is 0 Å². The molecule has 1 fully saturated rings. The van der Waals surface area contributed by atoms with E-state index in [1.165, 1.54) is 12.1 Å². The van der Waals surface area contributed by atoms with Crippen LogP contribution in [0.25, 0.3) is 0 Å². The maximum Gasteiger partial charge on any atom is 0.242 e. The van der Waals surface area contributed by atoms with Crippen molar-refractivity contribution in [3.05, 3.63) is 71.0 Å². The summed E-state index contributed by atoms with van der Waals surface area (Å²) in [6, 6.07) is 14.4. The maximum atomic E-state index is 13.7. The molecule has 1 saturated heterocycles. The van der Waals surface area contributed by atoms with Crippen molar-refractivity contribution in [2.24, 2.45) is 0 Å². The molecule has 0 bridgehead atoms. The van der Waals surface area contributed by atoms with Gasteiger partial charge in [0.2, 0.25) is 11.8 Å². The molecule has 2 aliphatic rings. The number of hydrogen-bond acceptors (Lipinski definition) is 2. The summed E-state index contributed by atoms with van der Waals surface area (Å²) in [5.74, 6) is -0.375. The number of halogens is 1. The van der Waals surface area contributed by atoms with Gasteiger partial charge in [-0.3, -0.25) is 9.59 Å². The Balaban J connectivity index is 1.50. The van der Waals surface area contributed by atoms with Gasteiger partial charge in [-0.2, -0.15) is 0 Å². The number of fused-ring (bicyclic) bond motifs is 3. The van der Waals surface area contributed by atoms with Gasteiger partial charge >= 0.3 is 0 Å². The first-order valence-corrected chi connectivity index (χ1v) is 9.01. The topological polar surface area (TPSA) is 40.6 Å². The number of hydrogen-bond donors (Lipinski definition) is 0. The van der Waals surface area contributed by atoms with Crippen LogP contribution in [0.5, 0.6) is 0 Å². The lowest BCUT2D eigenvalue weighted by atomic mass is 9.90. The van der Waals surface area contributed by atoms with Crippen molar-refractivity contribution in [2.75, 3.05) is 19.6 Å². The Bertz CT molecular complexity index is 837. The molecule has 2 heterocycles. The van der Waals surface area contributed by atoms with Crippen molar-refractivity contribution in [3.8, 4) is 0 Å². The van der Waals surface area contributed by atoms with Crippen LogP contribution in [-0.4, -0.2) is 41.2 Å². The predicted octanol–water partition coefficient (Wildman–Crippen LogP) is 2.73. The molecule has 2 aromatic carbocycles. The Morgan fingerprint density at radius 3 is 2.77 bits per heavy atom. The minimum Gasteiger partial charge on any atom is -0.332 e. The second-order valence-electron chi connectivity index (χ2n) is 6.96. The molecule has 2 aromatic rings. The number of rotatable bonds is 3. The van der Waals surface area contributed by atoms with Crippen molar-refractivity contribution >= 4 is 11.8 Å². The fraction of sp³-hybridized carbons (Fsp3) is 0.333. The summed E-state index contributed by atoms with van der Waals surface area (Å²) in [7, 11) is 0. The molecular weight excluding hydrogens is 331 g/mol. The van der Waals surface area contributed by atoms with Crippen molar-refractivity contribution in [1.29, 1.82) is 0 Å². The van der Waals surface area contributed by atoms with E-state index in [2.05, 4.69) is 0 Å².